The van der Waals surface area contributed by atoms with Crippen molar-refractivity contribution in [1.82, 2.24) is 19.8 Å². The standard InChI is InChI=1S/C24H29N5O4S/c1-4-9-25-19(30)14-29-15-26-22-20(23(29)31)16(2)21(34-22)24(32)28-12-10-27(11-13-28)17-5-7-18(33-3)8-6-17/h5-8,15H,4,9-14H2,1-3H3,(H,25,30). The molecule has 3 heterocycles. The van der Waals surface area contributed by atoms with Crippen LogP contribution >= 0.6 is 11.3 Å². The van der Waals surface area contributed by atoms with Gasteiger partial charge in [0.05, 0.1) is 23.7 Å². The summed E-state index contributed by atoms with van der Waals surface area (Å²) in [5.74, 6) is 0.498. The number of hydrogen-bond acceptors (Lipinski definition) is 7. The van der Waals surface area contributed by atoms with Gasteiger partial charge in [-0.15, -0.1) is 11.3 Å². The molecule has 0 spiro atoms. The van der Waals surface area contributed by atoms with Crippen LogP contribution in [-0.4, -0.2) is 66.1 Å². The zero-order chi connectivity index (χ0) is 24.2. The number of hydrogen-bond donors (Lipinski definition) is 1. The van der Waals surface area contributed by atoms with Gasteiger partial charge in [0, 0.05) is 38.4 Å². The number of fused-ring (bicyclic) bond motifs is 1. The van der Waals surface area contributed by atoms with Gasteiger partial charge in [-0.25, -0.2) is 4.98 Å². The Hall–Kier alpha value is -3.40. The Morgan fingerprint density at radius 1 is 1.15 bits per heavy atom. The summed E-state index contributed by atoms with van der Waals surface area (Å²) in [6, 6.07) is 7.90. The highest BCUT2D eigenvalue weighted by Crippen LogP contribution is 2.29. The van der Waals surface area contributed by atoms with Crippen molar-refractivity contribution in [1.29, 1.82) is 0 Å². The molecule has 1 aromatic carbocycles. The molecule has 1 N–H and O–H groups in total. The molecule has 0 bridgehead atoms. The van der Waals surface area contributed by atoms with E-state index in [4.69, 9.17) is 4.74 Å². The van der Waals surface area contributed by atoms with Gasteiger partial charge in [0.2, 0.25) is 5.91 Å². The normalized spacial score (nSPS) is 13.9. The van der Waals surface area contributed by atoms with Gasteiger partial charge in [0.25, 0.3) is 11.5 Å². The molecular formula is C24H29N5O4S. The first kappa shape index (κ1) is 23.7. The molecule has 1 fully saturated rings. The summed E-state index contributed by atoms with van der Waals surface area (Å²) in [6.07, 6.45) is 2.20. The fraction of sp³-hybridized carbons (Fsp3) is 0.417. The minimum absolute atomic E-state index is 0.0819. The number of thiophene rings is 1. The van der Waals surface area contributed by atoms with Crippen molar-refractivity contribution < 1.29 is 14.3 Å². The molecule has 1 aliphatic rings. The Balaban J connectivity index is 1.48. The number of ether oxygens (including phenoxy) is 1. The van der Waals surface area contributed by atoms with Gasteiger partial charge in [-0.05, 0) is 43.2 Å². The third-order valence-electron chi connectivity index (χ3n) is 6.00. The highest BCUT2D eigenvalue weighted by atomic mass is 32.1. The summed E-state index contributed by atoms with van der Waals surface area (Å²) in [7, 11) is 1.64. The van der Waals surface area contributed by atoms with E-state index in [0.29, 0.717) is 40.3 Å². The van der Waals surface area contributed by atoms with Gasteiger partial charge >= 0.3 is 0 Å². The van der Waals surface area contributed by atoms with E-state index < -0.39 is 0 Å². The van der Waals surface area contributed by atoms with Gasteiger partial charge < -0.3 is 19.9 Å². The van der Waals surface area contributed by atoms with Crippen molar-refractivity contribution in [2.75, 3.05) is 44.7 Å². The lowest BCUT2D eigenvalue weighted by atomic mass is 10.2. The summed E-state index contributed by atoms with van der Waals surface area (Å²) in [5, 5.41) is 3.18. The summed E-state index contributed by atoms with van der Waals surface area (Å²) in [6.45, 7) is 6.84. The van der Waals surface area contributed by atoms with E-state index in [1.165, 1.54) is 22.2 Å². The smallest absolute Gasteiger partial charge is 0.264 e. The number of piperazine rings is 1. The van der Waals surface area contributed by atoms with Crippen molar-refractivity contribution >= 4 is 39.1 Å². The second-order valence-corrected chi connectivity index (χ2v) is 9.24. The molecule has 1 saturated heterocycles. The summed E-state index contributed by atoms with van der Waals surface area (Å²) < 4.78 is 6.52. The molecule has 0 aliphatic carbocycles. The lowest BCUT2D eigenvalue weighted by Crippen LogP contribution is -2.48. The fourth-order valence-corrected chi connectivity index (χ4v) is 5.16. The topological polar surface area (TPSA) is 96.8 Å². The van der Waals surface area contributed by atoms with Gasteiger partial charge in [-0.3, -0.25) is 19.0 Å². The first-order valence-electron chi connectivity index (χ1n) is 11.4. The first-order valence-corrected chi connectivity index (χ1v) is 12.2. The molecule has 0 radical (unpaired) electrons. The third kappa shape index (κ3) is 4.77. The van der Waals surface area contributed by atoms with Crippen molar-refractivity contribution in [3.8, 4) is 5.75 Å². The Labute approximate surface area is 202 Å². The number of anilines is 1. The molecule has 1 aliphatic heterocycles. The summed E-state index contributed by atoms with van der Waals surface area (Å²) >= 11 is 1.24. The van der Waals surface area contributed by atoms with E-state index in [0.717, 1.165) is 30.9 Å². The van der Waals surface area contributed by atoms with E-state index in [-0.39, 0.29) is 23.9 Å². The molecule has 180 valence electrons. The first-order chi connectivity index (χ1) is 16.4. The number of nitrogens with zero attached hydrogens (tertiary/aromatic N) is 4. The quantitative estimate of drug-likeness (QED) is 0.554. The monoisotopic (exact) mass is 483 g/mol. The van der Waals surface area contributed by atoms with Crippen molar-refractivity contribution in [2.24, 2.45) is 0 Å². The number of rotatable bonds is 7. The van der Waals surface area contributed by atoms with E-state index in [9.17, 15) is 14.4 Å². The van der Waals surface area contributed by atoms with Crippen LogP contribution in [0.2, 0.25) is 0 Å². The number of benzene rings is 1. The molecule has 34 heavy (non-hydrogen) atoms. The number of methoxy groups -OCH3 is 1. The Morgan fingerprint density at radius 3 is 2.50 bits per heavy atom. The van der Waals surface area contributed by atoms with Crippen molar-refractivity contribution in [3.63, 3.8) is 0 Å². The average Bonchev–Trinajstić information content (AvgIpc) is 3.21. The van der Waals surface area contributed by atoms with E-state index in [2.05, 4.69) is 15.2 Å². The molecule has 0 unspecified atom stereocenters. The molecule has 2 amide bonds. The Morgan fingerprint density at radius 2 is 1.85 bits per heavy atom. The third-order valence-corrected chi connectivity index (χ3v) is 7.19. The zero-order valence-corrected chi connectivity index (χ0v) is 20.5. The van der Waals surface area contributed by atoms with Crippen LogP contribution in [-0.2, 0) is 11.3 Å². The molecule has 10 heteroatoms. The van der Waals surface area contributed by atoms with Crippen LogP contribution in [0, 0.1) is 6.92 Å². The molecule has 0 saturated carbocycles. The fourth-order valence-electron chi connectivity index (χ4n) is 4.06. The number of carbonyl (C=O) groups excluding carboxylic acids is 2. The van der Waals surface area contributed by atoms with Crippen molar-refractivity contribution in [3.05, 3.63) is 51.4 Å². The average molecular weight is 484 g/mol. The number of aryl methyl sites for hydroxylation is 1. The minimum atomic E-state index is -0.297. The molecular weight excluding hydrogens is 454 g/mol. The second kappa shape index (κ2) is 10.3. The van der Waals surface area contributed by atoms with E-state index in [1.54, 1.807) is 14.0 Å². The highest BCUT2D eigenvalue weighted by molar-refractivity contribution is 7.20. The number of carbonyl (C=O) groups is 2. The van der Waals surface area contributed by atoms with Crippen LogP contribution in [0.25, 0.3) is 10.2 Å². The molecule has 4 rings (SSSR count). The maximum atomic E-state index is 13.3. The van der Waals surface area contributed by atoms with Gasteiger partial charge in [0.1, 0.15) is 17.1 Å². The van der Waals surface area contributed by atoms with Crippen LogP contribution in [0.5, 0.6) is 5.75 Å². The van der Waals surface area contributed by atoms with Crippen LogP contribution < -0.4 is 20.5 Å². The Bertz CT molecular complexity index is 1240. The maximum Gasteiger partial charge on any atom is 0.264 e. The molecule has 3 aromatic rings. The van der Waals surface area contributed by atoms with Gasteiger partial charge in [0.15, 0.2) is 0 Å². The molecule has 2 aromatic heterocycles. The largest absolute Gasteiger partial charge is 0.497 e. The van der Waals surface area contributed by atoms with E-state index in [1.807, 2.05) is 36.1 Å². The predicted molar refractivity (Wildman–Crippen MR) is 133 cm³/mol. The summed E-state index contributed by atoms with van der Waals surface area (Å²) in [5.41, 5.74) is 1.43. The lowest BCUT2D eigenvalue weighted by Gasteiger charge is -2.36. The van der Waals surface area contributed by atoms with Gasteiger partial charge in [-0.1, -0.05) is 6.92 Å². The predicted octanol–water partition coefficient (Wildman–Crippen LogP) is 2.26. The number of amides is 2. The maximum absolute atomic E-state index is 13.3. The second-order valence-electron chi connectivity index (χ2n) is 8.24. The Kier molecular flexibility index (Phi) is 7.16. The van der Waals surface area contributed by atoms with E-state index >= 15 is 0 Å². The number of aromatic nitrogens is 2. The minimum Gasteiger partial charge on any atom is -0.497 e. The van der Waals surface area contributed by atoms with Crippen molar-refractivity contribution in [2.45, 2.75) is 26.8 Å². The SMILES string of the molecule is CCCNC(=O)Cn1cnc2sc(C(=O)N3CCN(c4ccc(OC)cc4)CC3)c(C)c2c1=O. The molecule has 0 atom stereocenters. The summed E-state index contributed by atoms with van der Waals surface area (Å²) in [4.78, 5) is 47.9. The number of nitrogens with one attached hydrogen (secondary N) is 1. The van der Waals surface area contributed by atoms with Crippen LogP contribution in [0.3, 0.4) is 0 Å². The highest BCUT2D eigenvalue weighted by Gasteiger charge is 2.27. The van der Waals surface area contributed by atoms with Crippen LogP contribution in [0.4, 0.5) is 5.69 Å². The van der Waals surface area contributed by atoms with Crippen LogP contribution in [0.1, 0.15) is 28.6 Å². The molecule has 9 nitrogen and oxygen atoms in total. The lowest BCUT2D eigenvalue weighted by molar-refractivity contribution is -0.121. The zero-order valence-electron chi connectivity index (χ0n) is 19.7. The van der Waals surface area contributed by atoms with Crippen LogP contribution in [0.15, 0.2) is 35.4 Å². The van der Waals surface area contributed by atoms with Gasteiger partial charge in [-0.2, -0.15) is 0 Å².